The maximum absolute atomic E-state index is 11.8. The van der Waals surface area contributed by atoms with Crippen LogP contribution in [0.3, 0.4) is 0 Å². The summed E-state index contributed by atoms with van der Waals surface area (Å²) in [5.74, 6) is -0.813. The third-order valence-corrected chi connectivity index (χ3v) is 4.46. The number of carbonyl (C=O) groups is 1. The van der Waals surface area contributed by atoms with Crippen LogP contribution < -0.4 is 5.43 Å². The Labute approximate surface area is 158 Å². The maximum atomic E-state index is 11.8. The number of phenolic OH excluding ortho intramolecular Hbond substituents is 2. The van der Waals surface area contributed by atoms with Crippen LogP contribution in [0.15, 0.2) is 44.4 Å². The Kier molecular flexibility index (Phi) is 6.10. The van der Waals surface area contributed by atoms with E-state index in [-0.39, 0.29) is 33.6 Å². The number of rotatable bonds is 5. The van der Waals surface area contributed by atoms with E-state index >= 15 is 0 Å². The molecule has 2 aromatic carbocycles. The molecule has 0 spiro atoms. The van der Waals surface area contributed by atoms with Crippen LogP contribution in [0.2, 0.25) is 0 Å². The van der Waals surface area contributed by atoms with Gasteiger partial charge in [-0.15, -0.1) is 0 Å². The second kappa shape index (κ2) is 8.08. The van der Waals surface area contributed by atoms with E-state index in [0.29, 0.717) is 10.0 Å². The molecule has 0 radical (unpaired) electrons. The normalized spacial score (nSPS) is 10.8. The Hall–Kier alpha value is -2.46. The minimum Gasteiger partial charge on any atom is -0.506 e. The van der Waals surface area contributed by atoms with E-state index in [1.54, 1.807) is 0 Å². The molecule has 0 atom stereocenters. The number of carbonyl (C=O) groups excluding carboxylic acids is 1. The third-order valence-electron chi connectivity index (χ3n) is 3.10. The van der Waals surface area contributed by atoms with Gasteiger partial charge in [-0.25, -0.2) is 5.43 Å². The molecule has 8 nitrogen and oxygen atoms in total. The molecule has 0 aromatic heterocycles. The quantitative estimate of drug-likeness (QED) is 0.350. The minimum absolute atomic E-state index is 0.00964. The Morgan fingerprint density at radius 2 is 1.88 bits per heavy atom. The first-order valence-corrected chi connectivity index (χ1v) is 8.33. The zero-order valence-corrected chi connectivity index (χ0v) is 15.6. The van der Waals surface area contributed by atoms with Crippen LogP contribution in [0.4, 0.5) is 5.69 Å². The number of hydrogen-bond acceptors (Lipinski definition) is 6. The molecule has 0 aliphatic heterocycles. The van der Waals surface area contributed by atoms with Crippen LogP contribution in [0.25, 0.3) is 0 Å². The molecule has 0 aliphatic carbocycles. The fourth-order valence-electron chi connectivity index (χ4n) is 1.85. The zero-order chi connectivity index (χ0) is 18.6. The lowest BCUT2D eigenvalue weighted by Gasteiger charge is -2.06. The number of non-ortho nitro benzene ring substituents is 1. The van der Waals surface area contributed by atoms with Crippen molar-refractivity contribution in [3.8, 4) is 11.5 Å². The number of hydrogen-bond donors (Lipinski definition) is 3. The topological polar surface area (TPSA) is 125 Å². The number of nitro benzene ring substituents is 1. The molecule has 0 saturated carbocycles. The van der Waals surface area contributed by atoms with E-state index in [4.69, 9.17) is 0 Å². The van der Waals surface area contributed by atoms with Gasteiger partial charge in [-0.3, -0.25) is 14.9 Å². The Morgan fingerprint density at radius 1 is 1.24 bits per heavy atom. The summed E-state index contributed by atoms with van der Waals surface area (Å²) in [6.07, 6.45) is 1.21. The highest BCUT2D eigenvalue weighted by Crippen LogP contribution is 2.40. The van der Waals surface area contributed by atoms with Crippen molar-refractivity contribution in [3.63, 3.8) is 0 Å². The van der Waals surface area contributed by atoms with Crippen LogP contribution in [0, 0.1) is 10.1 Å². The average Bonchev–Trinajstić information content (AvgIpc) is 2.58. The molecule has 25 heavy (non-hydrogen) atoms. The van der Waals surface area contributed by atoms with Gasteiger partial charge < -0.3 is 10.2 Å². The van der Waals surface area contributed by atoms with Crippen LogP contribution in [-0.2, 0) is 11.2 Å². The van der Waals surface area contributed by atoms with Crippen molar-refractivity contribution < 1.29 is 19.9 Å². The van der Waals surface area contributed by atoms with Gasteiger partial charge >= 0.3 is 0 Å². The fraction of sp³-hybridized carbons (Fsp3) is 0.0667. The molecule has 2 aromatic rings. The summed E-state index contributed by atoms with van der Waals surface area (Å²) in [5.41, 5.74) is 3.10. The third kappa shape index (κ3) is 4.77. The van der Waals surface area contributed by atoms with Crippen molar-refractivity contribution >= 4 is 49.7 Å². The van der Waals surface area contributed by atoms with E-state index in [1.165, 1.54) is 36.5 Å². The number of amides is 1. The van der Waals surface area contributed by atoms with Crippen LogP contribution in [0.1, 0.15) is 11.1 Å². The summed E-state index contributed by atoms with van der Waals surface area (Å²) in [4.78, 5) is 21.9. The number of halogens is 2. The number of aromatic hydroxyl groups is 2. The van der Waals surface area contributed by atoms with Crippen molar-refractivity contribution in [2.24, 2.45) is 5.10 Å². The molecule has 0 aliphatic rings. The molecule has 3 N–H and O–H groups in total. The van der Waals surface area contributed by atoms with Gasteiger partial charge in [-0.05, 0) is 43.5 Å². The van der Waals surface area contributed by atoms with Crippen molar-refractivity contribution in [1.82, 2.24) is 5.43 Å². The SMILES string of the molecule is O=C(Cc1ccc([N+](=O)[O-])cc1)N/N=C\c1cc(Br)c(O)c(Br)c1O. The molecule has 0 unspecified atom stereocenters. The number of hydrazone groups is 1. The monoisotopic (exact) mass is 471 g/mol. The second-order valence-electron chi connectivity index (χ2n) is 4.85. The van der Waals surface area contributed by atoms with Crippen molar-refractivity contribution in [2.45, 2.75) is 6.42 Å². The number of phenols is 2. The molecule has 10 heteroatoms. The van der Waals surface area contributed by atoms with Gasteiger partial charge in [-0.2, -0.15) is 5.10 Å². The molecule has 0 heterocycles. The second-order valence-corrected chi connectivity index (χ2v) is 6.50. The Balaban J connectivity index is 2.00. The first-order valence-electron chi connectivity index (χ1n) is 6.74. The van der Waals surface area contributed by atoms with Gasteiger partial charge in [0.25, 0.3) is 5.69 Å². The van der Waals surface area contributed by atoms with E-state index in [1.807, 2.05) is 0 Å². The first kappa shape index (κ1) is 18.9. The lowest BCUT2D eigenvalue weighted by Crippen LogP contribution is -2.19. The molecular weight excluding hydrogens is 462 g/mol. The maximum Gasteiger partial charge on any atom is 0.269 e. The summed E-state index contributed by atoms with van der Waals surface area (Å²) >= 11 is 6.16. The lowest BCUT2D eigenvalue weighted by molar-refractivity contribution is -0.384. The van der Waals surface area contributed by atoms with Crippen LogP contribution in [-0.4, -0.2) is 27.3 Å². The fourth-order valence-corrected chi connectivity index (χ4v) is 3.00. The van der Waals surface area contributed by atoms with Crippen molar-refractivity contribution in [3.05, 3.63) is 60.5 Å². The van der Waals surface area contributed by atoms with E-state index in [9.17, 15) is 25.1 Å². The smallest absolute Gasteiger partial charge is 0.269 e. The number of nitrogens with zero attached hydrogens (tertiary/aromatic N) is 2. The van der Waals surface area contributed by atoms with Gasteiger partial charge in [0.15, 0.2) is 0 Å². The summed E-state index contributed by atoms with van der Waals surface area (Å²) in [6.45, 7) is 0. The zero-order valence-electron chi connectivity index (χ0n) is 12.4. The predicted molar refractivity (Wildman–Crippen MR) is 97.7 cm³/mol. The molecular formula is C15H11Br2N3O5. The van der Waals surface area contributed by atoms with Gasteiger partial charge in [0.1, 0.15) is 16.0 Å². The highest BCUT2D eigenvalue weighted by atomic mass is 79.9. The van der Waals surface area contributed by atoms with Gasteiger partial charge in [-0.1, -0.05) is 12.1 Å². The molecule has 0 fully saturated rings. The van der Waals surface area contributed by atoms with Crippen molar-refractivity contribution in [1.29, 1.82) is 0 Å². The number of benzene rings is 2. The van der Waals surface area contributed by atoms with Crippen LogP contribution in [0.5, 0.6) is 11.5 Å². The molecule has 0 saturated heterocycles. The summed E-state index contributed by atoms with van der Waals surface area (Å²) in [7, 11) is 0. The van der Waals surface area contributed by atoms with Gasteiger partial charge in [0.05, 0.1) is 22.0 Å². The average molecular weight is 473 g/mol. The first-order chi connectivity index (χ1) is 11.8. The summed E-state index contributed by atoms with van der Waals surface area (Å²) in [5, 5.41) is 33.8. The summed E-state index contributed by atoms with van der Waals surface area (Å²) in [6, 6.07) is 7.04. The Bertz CT molecular complexity index is 853. The minimum atomic E-state index is -0.519. The molecule has 0 bridgehead atoms. The van der Waals surface area contributed by atoms with Gasteiger partial charge in [0, 0.05) is 17.7 Å². The van der Waals surface area contributed by atoms with Crippen molar-refractivity contribution in [2.75, 3.05) is 0 Å². The summed E-state index contributed by atoms with van der Waals surface area (Å²) < 4.78 is 0.441. The molecule has 2 rings (SSSR count). The predicted octanol–water partition coefficient (Wildman–Crippen LogP) is 3.22. The van der Waals surface area contributed by atoms with Crippen LogP contribution >= 0.6 is 31.9 Å². The lowest BCUT2D eigenvalue weighted by atomic mass is 10.1. The standard InChI is InChI=1S/C15H11Br2N3O5/c16-11-6-9(14(22)13(17)15(11)23)7-18-19-12(21)5-8-1-3-10(4-2-8)20(24)25/h1-4,6-7,22-23H,5H2,(H,19,21)/b18-7-. The largest absolute Gasteiger partial charge is 0.506 e. The van der Waals surface area contributed by atoms with E-state index in [0.717, 1.165) is 0 Å². The molecule has 130 valence electrons. The molecule has 1 amide bonds. The highest BCUT2D eigenvalue weighted by molar-refractivity contribution is 9.11. The number of nitro groups is 1. The van der Waals surface area contributed by atoms with E-state index < -0.39 is 10.8 Å². The van der Waals surface area contributed by atoms with Gasteiger partial charge in [0.2, 0.25) is 5.91 Å². The van der Waals surface area contributed by atoms with E-state index in [2.05, 4.69) is 42.4 Å². The Morgan fingerprint density at radius 3 is 2.48 bits per heavy atom. The number of nitrogens with one attached hydrogen (secondary N) is 1. The highest BCUT2D eigenvalue weighted by Gasteiger charge is 2.13.